The molecule has 2 aromatic heterocycles. The second-order valence-electron chi connectivity index (χ2n) is 4.11. The number of rotatable bonds is 2. The Kier molecular flexibility index (Phi) is 3.05. The summed E-state index contributed by atoms with van der Waals surface area (Å²) in [5.41, 5.74) is 9.81. The number of nitrogens with one attached hydrogen (secondary N) is 1. The molecule has 0 amide bonds. The number of halogens is 1. The van der Waals surface area contributed by atoms with E-state index in [1.807, 2.05) is 36.4 Å². The van der Waals surface area contributed by atoms with Crippen LogP contribution in [0.25, 0.3) is 22.4 Å². The number of benzene rings is 1. The second kappa shape index (κ2) is 4.85. The summed E-state index contributed by atoms with van der Waals surface area (Å²) in [4.78, 5) is 4.02. The van der Waals surface area contributed by atoms with Crippen LogP contribution in [0.2, 0.25) is 0 Å². The van der Waals surface area contributed by atoms with Gasteiger partial charge in [0.1, 0.15) is 0 Å². The SMILES string of the molecule is Nc1n[nH]c(-c2cccc(Br)c2)c1-c1ccncc1. The van der Waals surface area contributed by atoms with E-state index in [9.17, 15) is 0 Å². The summed E-state index contributed by atoms with van der Waals surface area (Å²) in [6.45, 7) is 0. The Balaban J connectivity index is 2.19. The van der Waals surface area contributed by atoms with Crippen LogP contribution >= 0.6 is 15.9 Å². The minimum atomic E-state index is 0.487. The van der Waals surface area contributed by atoms with Crippen molar-refractivity contribution < 1.29 is 0 Å². The third kappa shape index (κ3) is 2.24. The van der Waals surface area contributed by atoms with Crippen LogP contribution in [-0.2, 0) is 0 Å². The Morgan fingerprint density at radius 2 is 1.84 bits per heavy atom. The highest BCUT2D eigenvalue weighted by atomic mass is 79.9. The summed E-state index contributed by atoms with van der Waals surface area (Å²) in [7, 11) is 0. The molecule has 0 aliphatic rings. The van der Waals surface area contributed by atoms with Crippen LogP contribution in [0.1, 0.15) is 0 Å². The third-order valence-electron chi connectivity index (χ3n) is 2.88. The van der Waals surface area contributed by atoms with E-state index in [2.05, 4.69) is 31.1 Å². The van der Waals surface area contributed by atoms with Crippen molar-refractivity contribution in [1.82, 2.24) is 15.2 Å². The van der Waals surface area contributed by atoms with Crippen LogP contribution in [0.15, 0.2) is 53.3 Å². The largest absolute Gasteiger partial charge is 0.382 e. The molecule has 0 saturated heterocycles. The number of aromatic nitrogens is 3. The number of aromatic amines is 1. The van der Waals surface area contributed by atoms with Gasteiger partial charge in [-0.3, -0.25) is 10.1 Å². The maximum atomic E-state index is 5.97. The maximum Gasteiger partial charge on any atom is 0.153 e. The monoisotopic (exact) mass is 314 g/mol. The molecule has 0 radical (unpaired) electrons. The second-order valence-corrected chi connectivity index (χ2v) is 5.02. The lowest BCUT2D eigenvalue weighted by atomic mass is 10.0. The molecule has 94 valence electrons. The molecule has 0 fully saturated rings. The molecule has 0 aliphatic heterocycles. The highest BCUT2D eigenvalue weighted by Gasteiger charge is 2.14. The van der Waals surface area contributed by atoms with Crippen molar-refractivity contribution in [2.24, 2.45) is 0 Å². The van der Waals surface area contributed by atoms with Gasteiger partial charge in [0.15, 0.2) is 5.82 Å². The van der Waals surface area contributed by atoms with E-state index in [0.717, 1.165) is 26.9 Å². The zero-order valence-electron chi connectivity index (χ0n) is 9.97. The van der Waals surface area contributed by atoms with Crippen molar-refractivity contribution in [3.8, 4) is 22.4 Å². The van der Waals surface area contributed by atoms with Crippen LogP contribution in [0.3, 0.4) is 0 Å². The fourth-order valence-electron chi connectivity index (χ4n) is 2.02. The van der Waals surface area contributed by atoms with E-state index in [-0.39, 0.29) is 0 Å². The molecule has 1 aromatic carbocycles. The van der Waals surface area contributed by atoms with Crippen LogP contribution in [0, 0.1) is 0 Å². The Labute approximate surface area is 118 Å². The van der Waals surface area contributed by atoms with E-state index in [0.29, 0.717) is 5.82 Å². The number of nitrogen functional groups attached to an aromatic ring is 1. The van der Waals surface area contributed by atoms with Crippen molar-refractivity contribution in [2.75, 3.05) is 5.73 Å². The Bertz CT molecular complexity index is 706. The smallest absolute Gasteiger partial charge is 0.153 e. The van der Waals surface area contributed by atoms with Crippen LogP contribution in [0.5, 0.6) is 0 Å². The van der Waals surface area contributed by atoms with Crippen molar-refractivity contribution in [2.45, 2.75) is 0 Å². The summed E-state index contributed by atoms with van der Waals surface area (Å²) < 4.78 is 1.01. The summed E-state index contributed by atoms with van der Waals surface area (Å²) in [5.74, 6) is 0.487. The van der Waals surface area contributed by atoms with Gasteiger partial charge >= 0.3 is 0 Å². The first-order valence-corrected chi connectivity index (χ1v) is 6.55. The lowest BCUT2D eigenvalue weighted by Crippen LogP contribution is -1.89. The number of hydrogen-bond donors (Lipinski definition) is 2. The molecule has 0 saturated carbocycles. The molecule has 2 heterocycles. The van der Waals surface area contributed by atoms with Gasteiger partial charge in [0.25, 0.3) is 0 Å². The van der Waals surface area contributed by atoms with Gasteiger partial charge in [0.05, 0.1) is 11.3 Å². The summed E-state index contributed by atoms with van der Waals surface area (Å²) >= 11 is 3.47. The van der Waals surface area contributed by atoms with E-state index >= 15 is 0 Å². The van der Waals surface area contributed by atoms with Gasteiger partial charge in [-0.25, -0.2) is 0 Å². The fraction of sp³-hybridized carbons (Fsp3) is 0. The zero-order chi connectivity index (χ0) is 13.2. The van der Waals surface area contributed by atoms with Crippen LogP contribution in [0.4, 0.5) is 5.82 Å². The molecule has 3 rings (SSSR count). The molecule has 0 atom stereocenters. The zero-order valence-corrected chi connectivity index (χ0v) is 11.6. The lowest BCUT2D eigenvalue weighted by Gasteiger charge is -2.05. The molecule has 0 spiro atoms. The molecule has 3 aromatic rings. The average Bonchev–Trinajstić information content (AvgIpc) is 2.82. The van der Waals surface area contributed by atoms with Gasteiger partial charge < -0.3 is 5.73 Å². The molecule has 5 heteroatoms. The van der Waals surface area contributed by atoms with E-state index in [4.69, 9.17) is 5.73 Å². The van der Waals surface area contributed by atoms with Crippen molar-refractivity contribution in [1.29, 1.82) is 0 Å². The van der Waals surface area contributed by atoms with Gasteiger partial charge in [-0.1, -0.05) is 28.1 Å². The van der Waals surface area contributed by atoms with E-state index in [1.54, 1.807) is 12.4 Å². The van der Waals surface area contributed by atoms with Crippen molar-refractivity contribution in [3.63, 3.8) is 0 Å². The van der Waals surface area contributed by atoms with Gasteiger partial charge in [-0.15, -0.1) is 0 Å². The fourth-order valence-corrected chi connectivity index (χ4v) is 2.42. The molecular weight excluding hydrogens is 304 g/mol. The number of H-pyrrole nitrogens is 1. The minimum Gasteiger partial charge on any atom is -0.382 e. The first-order chi connectivity index (χ1) is 9.25. The first-order valence-electron chi connectivity index (χ1n) is 5.76. The highest BCUT2D eigenvalue weighted by molar-refractivity contribution is 9.10. The molecule has 0 bridgehead atoms. The molecule has 4 nitrogen and oxygen atoms in total. The predicted molar refractivity (Wildman–Crippen MR) is 79.4 cm³/mol. The Hall–Kier alpha value is -2.14. The predicted octanol–water partition coefficient (Wildman–Crippen LogP) is 3.48. The topological polar surface area (TPSA) is 67.6 Å². The quantitative estimate of drug-likeness (QED) is 0.761. The van der Waals surface area contributed by atoms with Gasteiger partial charge in [0.2, 0.25) is 0 Å². The third-order valence-corrected chi connectivity index (χ3v) is 3.37. The Morgan fingerprint density at radius 3 is 2.58 bits per heavy atom. The summed E-state index contributed by atoms with van der Waals surface area (Å²) in [6, 6.07) is 11.8. The Morgan fingerprint density at radius 1 is 1.05 bits per heavy atom. The van der Waals surface area contributed by atoms with Gasteiger partial charge in [-0.05, 0) is 29.8 Å². The molecule has 0 unspecified atom stereocenters. The number of anilines is 1. The van der Waals surface area contributed by atoms with Crippen LogP contribution < -0.4 is 5.73 Å². The number of nitrogens with two attached hydrogens (primary N) is 1. The normalized spacial score (nSPS) is 10.6. The molecule has 19 heavy (non-hydrogen) atoms. The molecule has 3 N–H and O–H groups in total. The van der Waals surface area contributed by atoms with Gasteiger partial charge in [0, 0.05) is 22.4 Å². The van der Waals surface area contributed by atoms with Gasteiger partial charge in [-0.2, -0.15) is 5.10 Å². The van der Waals surface area contributed by atoms with Crippen molar-refractivity contribution >= 4 is 21.7 Å². The lowest BCUT2D eigenvalue weighted by molar-refractivity contribution is 1.10. The van der Waals surface area contributed by atoms with Crippen molar-refractivity contribution in [3.05, 3.63) is 53.3 Å². The highest BCUT2D eigenvalue weighted by Crippen LogP contribution is 2.34. The van der Waals surface area contributed by atoms with E-state index in [1.165, 1.54) is 0 Å². The molecule has 0 aliphatic carbocycles. The number of pyridine rings is 1. The van der Waals surface area contributed by atoms with Crippen LogP contribution in [-0.4, -0.2) is 15.2 Å². The van der Waals surface area contributed by atoms with E-state index < -0.39 is 0 Å². The number of hydrogen-bond acceptors (Lipinski definition) is 3. The standard InChI is InChI=1S/C14H11BrN4/c15-11-3-1-2-10(8-11)13-12(14(16)19-18-13)9-4-6-17-7-5-9/h1-8H,(H3,16,18,19). The number of nitrogens with zero attached hydrogens (tertiary/aromatic N) is 2. The summed E-state index contributed by atoms with van der Waals surface area (Å²) in [6.07, 6.45) is 3.49. The maximum absolute atomic E-state index is 5.97. The average molecular weight is 315 g/mol. The summed E-state index contributed by atoms with van der Waals surface area (Å²) in [5, 5.41) is 7.12. The molecular formula is C14H11BrN4. The first kappa shape index (κ1) is 11.9. The minimum absolute atomic E-state index is 0.487.